The molecule has 0 radical (unpaired) electrons. The predicted molar refractivity (Wildman–Crippen MR) is 104 cm³/mol. The number of amides is 1. The van der Waals surface area contributed by atoms with Gasteiger partial charge >= 0.3 is 0 Å². The Morgan fingerprint density at radius 3 is 2.07 bits per heavy atom. The molecule has 1 aliphatic rings. The molecule has 2 aromatic rings. The lowest BCUT2D eigenvalue weighted by atomic mass is 10.1. The van der Waals surface area contributed by atoms with Crippen molar-refractivity contribution >= 4 is 27.6 Å². The molecule has 1 amide bonds. The molecule has 1 N–H and O–H groups in total. The molecule has 0 bridgehead atoms. The van der Waals surface area contributed by atoms with Crippen LogP contribution < -0.4 is 5.32 Å². The predicted octanol–water partition coefficient (Wildman–Crippen LogP) is 1.55. The van der Waals surface area contributed by atoms with Crippen molar-refractivity contribution in [3.05, 3.63) is 47.3 Å². The Labute approximate surface area is 159 Å². The van der Waals surface area contributed by atoms with Crippen LogP contribution in [0.3, 0.4) is 0 Å². The van der Waals surface area contributed by atoms with Gasteiger partial charge in [-0.2, -0.15) is 4.31 Å². The number of aromatic nitrogens is 2. The van der Waals surface area contributed by atoms with Crippen LogP contribution in [0.25, 0.3) is 0 Å². The zero-order chi connectivity index (χ0) is 19.6. The first-order valence-electron chi connectivity index (χ1n) is 8.66. The molecule has 144 valence electrons. The monoisotopic (exact) mass is 389 g/mol. The summed E-state index contributed by atoms with van der Waals surface area (Å²) in [4.78, 5) is 23.0. The normalized spacial score (nSPS) is 15.6. The maximum absolute atomic E-state index is 12.6. The largest absolute Gasteiger partial charge is 0.336 e. The van der Waals surface area contributed by atoms with Crippen LogP contribution in [-0.2, 0) is 10.0 Å². The summed E-state index contributed by atoms with van der Waals surface area (Å²) < 4.78 is 24.5. The number of nitrogens with one attached hydrogen (secondary N) is 1. The fraction of sp³-hybridized carbons (Fsp3) is 0.389. The molecule has 3 rings (SSSR count). The highest BCUT2D eigenvalue weighted by Gasteiger charge is 2.26. The van der Waals surface area contributed by atoms with Crippen LogP contribution in [0.15, 0.2) is 30.3 Å². The minimum atomic E-state index is -3.21. The second-order valence-electron chi connectivity index (χ2n) is 6.63. The van der Waals surface area contributed by atoms with E-state index in [9.17, 15) is 13.2 Å². The summed E-state index contributed by atoms with van der Waals surface area (Å²) in [6.07, 6.45) is 1.19. The van der Waals surface area contributed by atoms with Crippen LogP contribution in [-0.4, -0.2) is 65.9 Å². The van der Waals surface area contributed by atoms with Gasteiger partial charge in [0.25, 0.3) is 5.91 Å². The van der Waals surface area contributed by atoms with E-state index in [4.69, 9.17) is 0 Å². The van der Waals surface area contributed by atoms with Gasteiger partial charge in [-0.1, -0.05) is 0 Å². The molecule has 1 fully saturated rings. The summed E-state index contributed by atoms with van der Waals surface area (Å²) in [5.41, 5.74) is 3.11. The summed E-state index contributed by atoms with van der Waals surface area (Å²) in [7, 11) is -3.21. The van der Waals surface area contributed by atoms with Gasteiger partial charge in [-0.15, -0.1) is 0 Å². The number of anilines is 2. The number of carbonyl (C=O) groups excluding carboxylic acids is 1. The van der Waals surface area contributed by atoms with E-state index in [0.29, 0.717) is 37.7 Å². The van der Waals surface area contributed by atoms with Crippen LogP contribution in [0.1, 0.15) is 21.7 Å². The Kier molecular flexibility index (Phi) is 5.43. The number of rotatable bonds is 4. The second-order valence-corrected chi connectivity index (χ2v) is 8.61. The first-order valence-corrected chi connectivity index (χ1v) is 10.5. The van der Waals surface area contributed by atoms with E-state index < -0.39 is 10.0 Å². The highest BCUT2D eigenvalue weighted by atomic mass is 32.2. The lowest BCUT2D eigenvalue weighted by Gasteiger charge is -2.33. The van der Waals surface area contributed by atoms with E-state index in [1.54, 1.807) is 29.2 Å². The minimum absolute atomic E-state index is 0.0997. The molecule has 1 saturated heterocycles. The van der Waals surface area contributed by atoms with Crippen molar-refractivity contribution in [3.63, 3.8) is 0 Å². The Morgan fingerprint density at radius 1 is 1.00 bits per heavy atom. The van der Waals surface area contributed by atoms with Crippen LogP contribution in [0, 0.1) is 13.8 Å². The number of aryl methyl sites for hydroxylation is 2. The van der Waals surface area contributed by atoms with E-state index in [1.165, 1.54) is 10.6 Å². The van der Waals surface area contributed by atoms with Crippen LogP contribution >= 0.6 is 0 Å². The molecular formula is C18H23N5O3S. The van der Waals surface area contributed by atoms with Gasteiger partial charge in [0.15, 0.2) is 0 Å². The third kappa shape index (κ3) is 4.81. The van der Waals surface area contributed by atoms with E-state index in [-0.39, 0.29) is 5.91 Å². The first kappa shape index (κ1) is 19.2. The molecule has 1 aromatic carbocycles. The van der Waals surface area contributed by atoms with Crippen molar-refractivity contribution in [2.24, 2.45) is 0 Å². The van der Waals surface area contributed by atoms with E-state index in [2.05, 4.69) is 15.3 Å². The smallest absolute Gasteiger partial charge is 0.253 e. The summed E-state index contributed by atoms with van der Waals surface area (Å²) in [6.45, 7) is 5.25. The number of benzene rings is 1. The Hall–Kier alpha value is -2.52. The number of nitrogens with zero attached hydrogens (tertiary/aromatic N) is 4. The number of piperazine rings is 1. The number of carbonyl (C=O) groups is 1. The fourth-order valence-electron chi connectivity index (χ4n) is 3.01. The maximum Gasteiger partial charge on any atom is 0.253 e. The molecule has 0 unspecified atom stereocenters. The number of hydrogen-bond donors (Lipinski definition) is 1. The van der Waals surface area contributed by atoms with Gasteiger partial charge in [-0.05, 0) is 44.2 Å². The molecule has 0 aliphatic carbocycles. The summed E-state index contributed by atoms with van der Waals surface area (Å²) in [5.74, 6) is 0.417. The van der Waals surface area contributed by atoms with Gasteiger partial charge in [0.2, 0.25) is 16.0 Å². The van der Waals surface area contributed by atoms with E-state index >= 15 is 0 Å². The quantitative estimate of drug-likeness (QED) is 0.853. The van der Waals surface area contributed by atoms with E-state index in [0.717, 1.165) is 17.1 Å². The minimum Gasteiger partial charge on any atom is -0.336 e. The highest BCUT2D eigenvalue weighted by Crippen LogP contribution is 2.17. The van der Waals surface area contributed by atoms with Crippen molar-refractivity contribution in [2.75, 3.05) is 37.8 Å². The summed E-state index contributed by atoms with van der Waals surface area (Å²) in [6, 6.07) is 9.00. The first-order chi connectivity index (χ1) is 12.7. The average molecular weight is 389 g/mol. The second kappa shape index (κ2) is 7.61. The summed E-state index contributed by atoms with van der Waals surface area (Å²) in [5, 5.41) is 3.13. The van der Waals surface area contributed by atoms with Crippen molar-refractivity contribution in [1.29, 1.82) is 0 Å². The maximum atomic E-state index is 12.6. The molecule has 0 spiro atoms. The lowest BCUT2D eigenvalue weighted by molar-refractivity contribution is 0.0698. The van der Waals surface area contributed by atoms with Crippen molar-refractivity contribution in [2.45, 2.75) is 13.8 Å². The SMILES string of the molecule is Cc1cc(C)nc(Nc2ccc(C(=O)N3CCN(S(C)(=O)=O)CC3)cc2)n1. The molecule has 9 heteroatoms. The molecule has 1 aromatic heterocycles. The third-order valence-corrected chi connectivity index (χ3v) is 5.67. The van der Waals surface area contributed by atoms with Gasteiger partial charge in [-0.3, -0.25) is 4.79 Å². The molecule has 8 nitrogen and oxygen atoms in total. The van der Waals surface area contributed by atoms with Crippen LogP contribution in [0.4, 0.5) is 11.6 Å². The van der Waals surface area contributed by atoms with Gasteiger partial charge in [0, 0.05) is 48.8 Å². The number of hydrogen-bond acceptors (Lipinski definition) is 6. The van der Waals surface area contributed by atoms with Crippen molar-refractivity contribution in [3.8, 4) is 0 Å². The zero-order valence-corrected chi connectivity index (χ0v) is 16.5. The molecule has 0 atom stereocenters. The topological polar surface area (TPSA) is 95.5 Å². The fourth-order valence-corrected chi connectivity index (χ4v) is 3.84. The summed E-state index contributed by atoms with van der Waals surface area (Å²) >= 11 is 0. The van der Waals surface area contributed by atoms with Gasteiger partial charge in [-0.25, -0.2) is 18.4 Å². The zero-order valence-electron chi connectivity index (χ0n) is 15.6. The van der Waals surface area contributed by atoms with Gasteiger partial charge < -0.3 is 10.2 Å². The highest BCUT2D eigenvalue weighted by molar-refractivity contribution is 7.88. The van der Waals surface area contributed by atoms with Crippen LogP contribution in [0.5, 0.6) is 0 Å². The Bertz CT molecular complexity index is 916. The Morgan fingerprint density at radius 2 is 1.56 bits per heavy atom. The number of sulfonamides is 1. The lowest BCUT2D eigenvalue weighted by Crippen LogP contribution is -2.50. The molecule has 1 aliphatic heterocycles. The Balaban J connectivity index is 1.64. The molecule has 0 saturated carbocycles. The van der Waals surface area contributed by atoms with Gasteiger partial charge in [0.1, 0.15) is 0 Å². The van der Waals surface area contributed by atoms with E-state index in [1.807, 2.05) is 19.9 Å². The third-order valence-electron chi connectivity index (χ3n) is 4.37. The van der Waals surface area contributed by atoms with Crippen molar-refractivity contribution < 1.29 is 13.2 Å². The molecular weight excluding hydrogens is 366 g/mol. The molecule has 2 heterocycles. The molecule has 27 heavy (non-hydrogen) atoms. The van der Waals surface area contributed by atoms with Crippen LogP contribution in [0.2, 0.25) is 0 Å². The average Bonchev–Trinajstić information content (AvgIpc) is 2.60. The van der Waals surface area contributed by atoms with Crippen molar-refractivity contribution in [1.82, 2.24) is 19.2 Å². The standard InChI is InChI=1S/C18H23N5O3S/c1-13-12-14(2)20-18(19-13)21-16-6-4-15(5-7-16)17(24)22-8-10-23(11-9-22)27(3,25)26/h4-7,12H,8-11H2,1-3H3,(H,19,20,21). The van der Waals surface area contributed by atoms with Gasteiger partial charge in [0.05, 0.1) is 6.26 Å².